The molecule has 0 unspecified atom stereocenters. The predicted molar refractivity (Wildman–Crippen MR) is 55.4 cm³/mol. The van der Waals surface area contributed by atoms with E-state index in [1.807, 2.05) is 6.07 Å². The van der Waals surface area contributed by atoms with Gasteiger partial charge < -0.3 is 0 Å². The maximum Gasteiger partial charge on any atom is 0.0622 e. The number of halogens is 2. The van der Waals surface area contributed by atoms with E-state index in [9.17, 15) is 0 Å². The fourth-order valence-corrected chi connectivity index (χ4v) is 2.57. The molecule has 0 aliphatic heterocycles. The summed E-state index contributed by atoms with van der Waals surface area (Å²) in [6.07, 6.45) is 0.970. The second-order valence-corrected chi connectivity index (χ2v) is 4.37. The van der Waals surface area contributed by atoms with Gasteiger partial charge in [0.1, 0.15) is 0 Å². The molecule has 0 amide bonds. The topological polar surface area (TPSA) is 0 Å². The Morgan fingerprint density at radius 3 is 2.45 bits per heavy atom. The van der Waals surface area contributed by atoms with Crippen molar-refractivity contribution >= 4 is 38.6 Å². The summed E-state index contributed by atoms with van der Waals surface area (Å²) in [5, 5.41) is 2.76. The van der Waals surface area contributed by atoms with Crippen LogP contribution in [0.5, 0.6) is 0 Å². The van der Waals surface area contributed by atoms with Crippen LogP contribution in [-0.4, -0.2) is 10.2 Å². The second-order valence-electron chi connectivity index (χ2n) is 2.51. The minimum Gasteiger partial charge on any atom is -0.0827 e. The summed E-state index contributed by atoms with van der Waals surface area (Å²) >= 11 is 11.8. The van der Waals surface area contributed by atoms with Crippen molar-refractivity contribution in [2.45, 2.75) is 13.3 Å². The van der Waals surface area contributed by atoms with Gasteiger partial charge in [0.2, 0.25) is 0 Å². The van der Waals surface area contributed by atoms with Crippen molar-refractivity contribution in [2.24, 2.45) is 0 Å². The SMILES string of the molecule is CCc1c([SiH3])ccc(Cl)c1Cl. The first kappa shape index (κ1) is 9.11. The average molecular weight is 205 g/mol. The van der Waals surface area contributed by atoms with E-state index in [1.54, 1.807) is 0 Å². The second kappa shape index (κ2) is 3.61. The first-order chi connectivity index (χ1) is 5.16. The van der Waals surface area contributed by atoms with E-state index in [0.717, 1.165) is 21.7 Å². The highest BCUT2D eigenvalue weighted by atomic mass is 35.5. The van der Waals surface area contributed by atoms with Gasteiger partial charge in [0.25, 0.3) is 0 Å². The lowest BCUT2D eigenvalue weighted by atomic mass is 10.2. The summed E-state index contributed by atoms with van der Waals surface area (Å²) in [6.45, 7) is 2.10. The largest absolute Gasteiger partial charge is 0.0827 e. The minimum atomic E-state index is 0.670. The Balaban J connectivity index is 3.29. The Hall–Kier alpha value is 0.0169. The molecule has 1 rings (SSSR count). The standard InChI is InChI=1S/C8H10Cl2Si/c1-2-5-7(11)4-3-6(9)8(5)10/h3-4H,2H2,1,11H3. The van der Waals surface area contributed by atoms with E-state index in [-0.39, 0.29) is 0 Å². The number of hydrogen-bond donors (Lipinski definition) is 0. The van der Waals surface area contributed by atoms with Gasteiger partial charge in [-0.15, -0.1) is 0 Å². The Morgan fingerprint density at radius 1 is 1.36 bits per heavy atom. The molecule has 0 aliphatic carbocycles. The third-order valence-corrected chi connectivity index (χ3v) is 3.56. The van der Waals surface area contributed by atoms with Gasteiger partial charge >= 0.3 is 0 Å². The summed E-state index contributed by atoms with van der Waals surface area (Å²) in [6, 6.07) is 3.92. The zero-order chi connectivity index (χ0) is 8.43. The van der Waals surface area contributed by atoms with E-state index in [1.165, 1.54) is 10.8 Å². The summed E-state index contributed by atoms with van der Waals surface area (Å²) in [5.41, 5.74) is 1.21. The van der Waals surface area contributed by atoms with Crippen molar-refractivity contribution in [1.82, 2.24) is 0 Å². The molecule has 0 aliphatic rings. The molecule has 60 valence electrons. The first-order valence-electron chi connectivity index (χ1n) is 3.60. The lowest BCUT2D eigenvalue weighted by Crippen LogP contribution is -2.09. The Labute approximate surface area is 79.9 Å². The molecule has 0 N–H and O–H groups in total. The van der Waals surface area contributed by atoms with Crippen LogP contribution in [0.3, 0.4) is 0 Å². The molecule has 0 saturated heterocycles. The van der Waals surface area contributed by atoms with Gasteiger partial charge in [-0.3, -0.25) is 0 Å². The molecule has 0 atom stereocenters. The van der Waals surface area contributed by atoms with Gasteiger partial charge in [0.05, 0.1) is 10.0 Å². The molecule has 11 heavy (non-hydrogen) atoms. The molecule has 1 aromatic carbocycles. The van der Waals surface area contributed by atoms with Crippen LogP contribution in [0, 0.1) is 0 Å². The number of hydrogen-bond acceptors (Lipinski definition) is 0. The van der Waals surface area contributed by atoms with E-state index < -0.39 is 0 Å². The average Bonchev–Trinajstić information content (AvgIpc) is 1.99. The lowest BCUT2D eigenvalue weighted by molar-refractivity contribution is 1.15. The summed E-state index contributed by atoms with van der Waals surface area (Å²) in [5.74, 6) is 0. The Bertz CT molecular complexity index is 271. The van der Waals surface area contributed by atoms with Crippen LogP contribution in [-0.2, 0) is 6.42 Å². The monoisotopic (exact) mass is 204 g/mol. The molecule has 0 heterocycles. The van der Waals surface area contributed by atoms with Crippen LogP contribution in [0.4, 0.5) is 0 Å². The molecule has 0 bridgehead atoms. The van der Waals surface area contributed by atoms with Crippen LogP contribution >= 0.6 is 23.2 Å². The van der Waals surface area contributed by atoms with E-state index in [4.69, 9.17) is 23.2 Å². The molecule has 1 aromatic rings. The summed E-state index contributed by atoms with van der Waals surface area (Å²) < 4.78 is 0. The van der Waals surface area contributed by atoms with Crippen molar-refractivity contribution in [1.29, 1.82) is 0 Å². The zero-order valence-electron chi connectivity index (χ0n) is 6.62. The highest BCUT2D eigenvalue weighted by molar-refractivity contribution is 6.44. The quantitative estimate of drug-likeness (QED) is 0.610. The molecule has 0 saturated carbocycles. The molecule has 3 heteroatoms. The van der Waals surface area contributed by atoms with Crippen molar-refractivity contribution < 1.29 is 0 Å². The maximum atomic E-state index is 5.99. The van der Waals surface area contributed by atoms with Crippen LogP contribution in [0.25, 0.3) is 0 Å². The number of rotatable bonds is 1. The fraction of sp³-hybridized carbons (Fsp3) is 0.250. The van der Waals surface area contributed by atoms with Crippen LogP contribution in [0.15, 0.2) is 12.1 Å². The zero-order valence-corrected chi connectivity index (χ0v) is 10.1. The van der Waals surface area contributed by atoms with Gasteiger partial charge in [0, 0.05) is 10.2 Å². The molecule has 0 aromatic heterocycles. The van der Waals surface area contributed by atoms with Crippen LogP contribution in [0.1, 0.15) is 12.5 Å². The van der Waals surface area contributed by atoms with Crippen LogP contribution < -0.4 is 5.19 Å². The minimum absolute atomic E-state index is 0.670. The normalized spacial score (nSPS) is 10.5. The third-order valence-electron chi connectivity index (χ3n) is 1.78. The van der Waals surface area contributed by atoms with Gasteiger partial charge in [-0.25, -0.2) is 0 Å². The smallest absolute Gasteiger partial charge is 0.0622 e. The van der Waals surface area contributed by atoms with Gasteiger partial charge in [0.15, 0.2) is 0 Å². The highest BCUT2D eigenvalue weighted by Gasteiger charge is 2.04. The predicted octanol–water partition coefficient (Wildman–Crippen LogP) is 1.55. The Morgan fingerprint density at radius 2 is 2.00 bits per heavy atom. The molecule has 0 radical (unpaired) electrons. The van der Waals surface area contributed by atoms with Crippen molar-refractivity contribution in [3.8, 4) is 0 Å². The summed E-state index contributed by atoms with van der Waals surface area (Å²) in [4.78, 5) is 0. The van der Waals surface area contributed by atoms with E-state index in [0.29, 0.717) is 5.02 Å². The van der Waals surface area contributed by atoms with E-state index >= 15 is 0 Å². The van der Waals surface area contributed by atoms with Gasteiger partial charge in [-0.1, -0.05) is 41.4 Å². The van der Waals surface area contributed by atoms with Gasteiger partial charge in [-0.2, -0.15) is 0 Å². The first-order valence-corrected chi connectivity index (χ1v) is 5.36. The van der Waals surface area contributed by atoms with E-state index in [2.05, 4.69) is 13.0 Å². The molecule has 0 spiro atoms. The lowest BCUT2D eigenvalue weighted by Gasteiger charge is -2.06. The maximum absolute atomic E-state index is 5.99. The van der Waals surface area contributed by atoms with Gasteiger partial charge in [-0.05, 0) is 18.1 Å². The fourth-order valence-electron chi connectivity index (χ4n) is 1.12. The highest BCUT2D eigenvalue weighted by Crippen LogP contribution is 2.24. The molecule has 0 fully saturated rings. The Kier molecular flexibility index (Phi) is 2.99. The number of benzene rings is 1. The van der Waals surface area contributed by atoms with Crippen molar-refractivity contribution in [2.75, 3.05) is 0 Å². The molecular formula is C8H10Cl2Si. The molecule has 0 nitrogen and oxygen atoms in total. The summed E-state index contributed by atoms with van der Waals surface area (Å²) in [7, 11) is 1.04. The van der Waals surface area contributed by atoms with Crippen LogP contribution in [0.2, 0.25) is 10.0 Å². The molecular weight excluding hydrogens is 195 g/mol. The third kappa shape index (κ3) is 1.78. The van der Waals surface area contributed by atoms with Crippen molar-refractivity contribution in [3.63, 3.8) is 0 Å². The van der Waals surface area contributed by atoms with Crippen molar-refractivity contribution in [3.05, 3.63) is 27.7 Å².